The van der Waals surface area contributed by atoms with Crippen molar-refractivity contribution in [2.75, 3.05) is 11.9 Å². The number of nitrogens with one attached hydrogen (secondary N) is 1. The smallest absolute Gasteiger partial charge is 0.269 e. The SMILES string of the molecule is CCOc1cc(/C=C(\C#N)C(=O)Nc2ccc(C)cc2)cc(I)c1OCc1cccc([N+](=O)[O-])c1. The van der Waals surface area contributed by atoms with E-state index in [2.05, 4.69) is 27.9 Å². The fourth-order valence-corrected chi connectivity index (χ4v) is 3.92. The molecule has 1 N–H and O–H groups in total. The minimum absolute atomic E-state index is 0.0146. The number of amides is 1. The van der Waals surface area contributed by atoms with Crippen LogP contribution in [-0.2, 0) is 11.4 Å². The van der Waals surface area contributed by atoms with Gasteiger partial charge in [-0.3, -0.25) is 14.9 Å². The summed E-state index contributed by atoms with van der Waals surface area (Å²) in [4.78, 5) is 23.2. The first kappa shape index (κ1) is 25.7. The summed E-state index contributed by atoms with van der Waals surface area (Å²) < 4.78 is 12.4. The normalized spacial score (nSPS) is 10.9. The first-order valence-electron chi connectivity index (χ1n) is 10.6. The molecule has 0 atom stereocenters. The van der Waals surface area contributed by atoms with E-state index in [0.717, 1.165) is 5.56 Å². The molecule has 0 aromatic heterocycles. The highest BCUT2D eigenvalue weighted by Crippen LogP contribution is 2.35. The van der Waals surface area contributed by atoms with Gasteiger partial charge < -0.3 is 14.8 Å². The number of hydrogen-bond donors (Lipinski definition) is 1. The first-order chi connectivity index (χ1) is 16.8. The van der Waals surface area contributed by atoms with Crippen molar-refractivity contribution in [2.24, 2.45) is 0 Å². The molecule has 0 heterocycles. The van der Waals surface area contributed by atoms with Gasteiger partial charge in [0, 0.05) is 17.8 Å². The Labute approximate surface area is 216 Å². The molecule has 0 bridgehead atoms. The van der Waals surface area contributed by atoms with Crippen LogP contribution in [0.1, 0.15) is 23.6 Å². The van der Waals surface area contributed by atoms with Crippen molar-refractivity contribution >= 4 is 45.9 Å². The predicted octanol–water partition coefficient (Wildman–Crippen LogP) is 6.03. The van der Waals surface area contributed by atoms with Gasteiger partial charge in [-0.05, 0) is 77.9 Å². The number of nitro benzene ring substituents is 1. The summed E-state index contributed by atoms with van der Waals surface area (Å²) in [6, 6.07) is 18.9. The highest BCUT2D eigenvalue weighted by molar-refractivity contribution is 14.1. The molecule has 3 aromatic carbocycles. The molecule has 8 nitrogen and oxygen atoms in total. The molecule has 3 aromatic rings. The summed E-state index contributed by atoms with van der Waals surface area (Å²) in [6.45, 7) is 4.25. The van der Waals surface area contributed by atoms with Crippen LogP contribution in [0.5, 0.6) is 11.5 Å². The molecule has 0 spiro atoms. The number of carbonyl (C=O) groups excluding carboxylic acids is 1. The van der Waals surface area contributed by atoms with Gasteiger partial charge in [-0.1, -0.05) is 29.8 Å². The Morgan fingerprint density at radius 2 is 1.91 bits per heavy atom. The Morgan fingerprint density at radius 3 is 2.57 bits per heavy atom. The molecule has 35 heavy (non-hydrogen) atoms. The molecule has 0 aliphatic carbocycles. The first-order valence-corrected chi connectivity index (χ1v) is 11.7. The molecule has 1 amide bonds. The third-order valence-corrected chi connectivity index (χ3v) is 5.62. The number of carbonyl (C=O) groups is 1. The quantitative estimate of drug-likeness (QED) is 0.108. The van der Waals surface area contributed by atoms with E-state index in [1.165, 1.54) is 18.2 Å². The highest BCUT2D eigenvalue weighted by atomic mass is 127. The van der Waals surface area contributed by atoms with Crippen molar-refractivity contribution in [1.82, 2.24) is 0 Å². The van der Waals surface area contributed by atoms with E-state index in [4.69, 9.17) is 9.47 Å². The Bertz CT molecular complexity index is 1310. The lowest BCUT2D eigenvalue weighted by molar-refractivity contribution is -0.384. The minimum Gasteiger partial charge on any atom is -0.490 e. The molecule has 0 fully saturated rings. The van der Waals surface area contributed by atoms with E-state index in [-0.39, 0.29) is 17.9 Å². The van der Waals surface area contributed by atoms with E-state index in [9.17, 15) is 20.2 Å². The van der Waals surface area contributed by atoms with Crippen LogP contribution in [0.3, 0.4) is 0 Å². The van der Waals surface area contributed by atoms with Gasteiger partial charge in [-0.2, -0.15) is 5.26 Å². The van der Waals surface area contributed by atoms with E-state index in [1.54, 1.807) is 36.4 Å². The Morgan fingerprint density at radius 1 is 1.17 bits per heavy atom. The lowest BCUT2D eigenvalue weighted by Crippen LogP contribution is -2.13. The van der Waals surface area contributed by atoms with Crippen LogP contribution in [0.4, 0.5) is 11.4 Å². The van der Waals surface area contributed by atoms with E-state index in [1.807, 2.05) is 32.0 Å². The Hall–Kier alpha value is -3.91. The second kappa shape index (κ2) is 12.0. The summed E-state index contributed by atoms with van der Waals surface area (Å²) in [5.41, 5.74) is 2.81. The molecular formula is C26H22IN3O5. The maximum atomic E-state index is 12.6. The van der Waals surface area contributed by atoms with E-state index < -0.39 is 10.8 Å². The van der Waals surface area contributed by atoms with E-state index >= 15 is 0 Å². The number of anilines is 1. The van der Waals surface area contributed by atoms with Crippen LogP contribution >= 0.6 is 22.6 Å². The number of nitro groups is 1. The molecule has 0 unspecified atom stereocenters. The Kier molecular flexibility index (Phi) is 8.80. The summed E-state index contributed by atoms with van der Waals surface area (Å²) in [5, 5.41) is 23.3. The van der Waals surface area contributed by atoms with Crippen molar-refractivity contribution in [3.63, 3.8) is 0 Å². The maximum Gasteiger partial charge on any atom is 0.269 e. The van der Waals surface area contributed by atoms with Gasteiger partial charge in [0.2, 0.25) is 0 Å². The molecule has 9 heteroatoms. The number of nitriles is 1. The van der Waals surface area contributed by atoms with Gasteiger partial charge in [0.25, 0.3) is 11.6 Å². The average molecular weight is 583 g/mol. The predicted molar refractivity (Wildman–Crippen MR) is 141 cm³/mol. The standard InChI is InChI=1S/C26H22IN3O5/c1-3-34-24-14-19(11-20(15-28)26(31)29-21-9-7-17(2)8-10-21)13-23(27)25(24)35-16-18-5-4-6-22(12-18)30(32)33/h4-14H,3,16H2,1-2H3,(H,29,31)/b20-11+. The number of halogens is 1. The van der Waals surface area contributed by atoms with Gasteiger partial charge >= 0.3 is 0 Å². The molecule has 0 saturated heterocycles. The van der Waals surface area contributed by atoms with Crippen molar-refractivity contribution in [3.8, 4) is 17.6 Å². The molecule has 0 aliphatic rings. The number of rotatable bonds is 9. The second-order valence-corrected chi connectivity index (χ2v) is 8.63. The molecule has 0 saturated carbocycles. The Balaban J connectivity index is 1.84. The minimum atomic E-state index is -0.518. The van der Waals surface area contributed by atoms with Gasteiger partial charge in [0.05, 0.1) is 15.1 Å². The molecular weight excluding hydrogens is 561 g/mol. The zero-order chi connectivity index (χ0) is 25.4. The summed E-state index contributed by atoms with van der Waals surface area (Å²) >= 11 is 2.08. The lowest BCUT2D eigenvalue weighted by Gasteiger charge is -2.15. The molecule has 178 valence electrons. The number of aryl methyl sites for hydroxylation is 1. The maximum absolute atomic E-state index is 12.6. The number of ether oxygens (including phenoxy) is 2. The fourth-order valence-electron chi connectivity index (χ4n) is 3.14. The summed E-state index contributed by atoms with van der Waals surface area (Å²) in [7, 11) is 0. The number of benzene rings is 3. The number of nitrogens with zero attached hydrogens (tertiary/aromatic N) is 2. The van der Waals surface area contributed by atoms with Gasteiger partial charge in [0.15, 0.2) is 11.5 Å². The topological polar surface area (TPSA) is 114 Å². The van der Waals surface area contributed by atoms with Crippen molar-refractivity contribution in [3.05, 3.63) is 96.6 Å². The largest absolute Gasteiger partial charge is 0.490 e. The van der Waals surface area contributed by atoms with Crippen LogP contribution in [0.25, 0.3) is 6.08 Å². The van der Waals surface area contributed by atoms with Crippen LogP contribution in [0.2, 0.25) is 0 Å². The number of non-ortho nitro benzene ring substituents is 1. The zero-order valence-corrected chi connectivity index (χ0v) is 21.2. The van der Waals surface area contributed by atoms with Gasteiger partial charge in [0.1, 0.15) is 18.2 Å². The summed E-state index contributed by atoms with van der Waals surface area (Å²) in [5.74, 6) is 0.390. The third kappa shape index (κ3) is 7.04. The van der Waals surface area contributed by atoms with Crippen molar-refractivity contribution in [1.29, 1.82) is 5.26 Å². The third-order valence-electron chi connectivity index (χ3n) is 4.82. The summed E-state index contributed by atoms with van der Waals surface area (Å²) in [6.07, 6.45) is 1.48. The number of hydrogen-bond acceptors (Lipinski definition) is 6. The average Bonchev–Trinajstić information content (AvgIpc) is 2.83. The van der Waals surface area contributed by atoms with E-state index in [0.29, 0.717) is 38.5 Å². The van der Waals surface area contributed by atoms with Gasteiger partial charge in [-0.15, -0.1) is 0 Å². The molecule has 0 radical (unpaired) electrons. The molecule has 3 rings (SSSR count). The van der Waals surface area contributed by atoms with Crippen molar-refractivity contribution in [2.45, 2.75) is 20.5 Å². The highest BCUT2D eigenvalue weighted by Gasteiger charge is 2.15. The fraction of sp³-hybridized carbons (Fsp3) is 0.154. The zero-order valence-electron chi connectivity index (χ0n) is 19.1. The second-order valence-electron chi connectivity index (χ2n) is 7.47. The van der Waals surface area contributed by atoms with Crippen LogP contribution < -0.4 is 14.8 Å². The monoisotopic (exact) mass is 583 g/mol. The molecule has 0 aliphatic heterocycles. The van der Waals surface area contributed by atoms with Gasteiger partial charge in [-0.25, -0.2) is 0 Å². The van der Waals surface area contributed by atoms with Crippen LogP contribution in [0.15, 0.2) is 66.2 Å². The van der Waals surface area contributed by atoms with Crippen molar-refractivity contribution < 1.29 is 19.2 Å². The van der Waals surface area contributed by atoms with Crippen LogP contribution in [-0.4, -0.2) is 17.4 Å². The van der Waals surface area contributed by atoms with Crippen LogP contribution in [0, 0.1) is 31.9 Å². The lowest BCUT2D eigenvalue weighted by atomic mass is 10.1.